The molecule has 1 aliphatic heterocycles. The number of carbonyl (C=O) groups excluding carboxylic acids is 2. The van der Waals surface area contributed by atoms with Gasteiger partial charge in [-0.1, -0.05) is 12.1 Å². The first kappa shape index (κ1) is 16.3. The van der Waals surface area contributed by atoms with E-state index in [9.17, 15) is 9.59 Å². The van der Waals surface area contributed by atoms with Crippen LogP contribution in [0.3, 0.4) is 0 Å². The summed E-state index contributed by atoms with van der Waals surface area (Å²) in [4.78, 5) is 25.2. The summed E-state index contributed by atoms with van der Waals surface area (Å²) in [5.41, 5.74) is 6.30. The lowest BCUT2D eigenvalue weighted by Gasteiger charge is -2.30. The molecule has 120 valence electrons. The molecular formula is C16H23N3O3. The van der Waals surface area contributed by atoms with Crippen LogP contribution < -0.4 is 15.8 Å². The number of amides is 2. The number of piperidine rings is 1. The fourth-order valence-corrected chi connectivity index (χ4v) is 2.52. The first-order valence-corrected chi connectivity index (χ1v) is 7.53. The molecule has 0 aromatic heterocycles. The van der Waals surface area contributed by atoms with E-state index in [0.717, 1.165) is 11.3 Å². The van der Waals surface area contributed by atoms with Crippen molar-refractivity contribution < 1.29 is 14.3 Å². The fourth-order valence-electron chi connectivity index (χ4n) is 2.52. The van der Waals surface area contributed by atoms with Crippen molar-refractivity contribution >= 4 is 11.8 Å². The van der Waals surface area contributed by atoms with Gasteiger partial charge in [-0.2, -0.15) is 0 Å². The van der Waals surface area contributed by atoms with Crippen molar-refractivity contribution in [1.82, 2.24) is 10.2 Å². The molecular weight excluding hydrogens is 282 g/mol. The summed E-state index contributed by atoms with van der Waals surface area (Å²) in [6, 6.07) is 7.49. The Labute approximate surface area is 130 Å². The highest BCUT2D eigenvalue weighted by molar-refractivity contribution is 5.80. The van der Waals surface area contributed by atoms with Crippen molar-refractivity contribution in [2.75, 3.05) is 26.7 Å². The number of nitrogens with one attached hydrogen (secondary N) is 1. The predicted molar refractivity (Wildman–Crippen MR) is 83.5 cm³/mol. The van der Waals surface area contributed by atoms with E-state index in [-0.39, 0.29) is 17.9 Å². The van der Waals surface area contributed by atoms with Gasteiger partial charge in [-0.25, -0.2) is 0 Å². The van der Waals surface area contributed by atoms with E-state index in [0.29, 0.717) is 39.0 Å². The van der Waals surface area contributed by atoms with Crippen LogP contribution in [-0.2, 0) is 16.0 Å². The summed E-state index contributed by atoms with van der Waals surface area (Å²) in [6.07, 6.45) is 1.49. The Morgan fingerprint density at radius 3 is 3.05 bits per heavy atom. The number of nitrogens with two attached hydrogens (primary N) is 1. The van der Waals surface area contributed by atoms with Crippen molar-refractivity contribution in [3.05, 3.63) is 29.8 Å². The molecule has 1 aromatic carbocycles. The lowest BCUT2D eigenvalue weighted by Crippen LogP contribution is -2.48. The van der Waals surface area contributed by atoms with Gasteiger partial charge >= 0.3 is 0 Å². The molecule has 0 saturated carbocycles. The van der Waals surface area contributed by atoms with Crippen molar-refractivity contribution in [1.29, 1.82) is 0 Å². The number of hydrogen-bond donors (Lipinski definition) is 2. The summed E-state index contributed by atoms with van der Waals surface area (Å²) in [6.45, 7) is 1.49. The molecule has 1 saturated heterocycles. The van der Waals surface area contributed by atoms with E-state index in [1.807, 2.05) is 24.3 Å². The molecule has 0 bridgehead atoms. The lowest BCUT2D eigenvalue weighted by atomic mass is 10.0. The minimum Gasteiger partial charge on any atom is -0.492 e. The quantitative estimate of drug-likeness (QED) is 0.792. The van der Waals surface area contributed by atoms with Crippen molar-refractivity contribution in [3.63, 3.8) is 0 Å². The number of nitrogens with zero attached hydrogens (tertiary/aromatic N) is 1. The molecule has 1 heterocycles. The van der Waals surface area contributed by atoms with Crippen LogP contribution in [0, 0.1) is 0 Å². The van der Waals surface area contributed by atoms with Gasteiger partial charge in [-0.3, -0.25) is 9.59 Å². The Morgan fingerprint density at radius 1 is 1.50 bits per heavy atom. The van der Waals surface area contributed by atoms with Crippen molar-refractivity contribution in [2.45, 2.75) is 25.3 Å². The maximum absolute atomic E-state index is 12.1. The molecule has 1 aromatic rings. The molecule has 0 unspecified atom stereocenters. The number of carbonyl (C=O) groups is 2. The van der Waals surface area contributed by atoms with Crippen molar-refractivity contribution in [2.24, 2.45) is 5.73 Å². The Kier molecular flexibility index (Phi) is 5.77. The molecule has 1 fully saturated rings. The first-order valence-electron chi connectivity index (χ1n) is 7.53. The molecule has 1 aliphatic rings. The number of likely N-dealkylation sites (tertiary alicyclic amines) is 1. The summed E-state index contributed by atoms with van der Waals surface area (Å²) in [5.74, 6) is 0.817. The van der Waals surface area contributed by atoms with Gasteiger partial charge in [0.2, 0.25) is 11.8 Å². The lowest BCUT2D eigenvalue weighted by molar-refractivity contribution is -0.133. The van der Waals surface area contributed by atoms with Crippen LogP contribution in [0.2, 0.25) is 0 Å². The minimum absolute atomic E-state index is 0.0341. The number of ether oxygens (including phenoxy) is 1. The highest BCUT2D eigenvalue weighted by Gasteiger charge is 2.23. The Hall–Kier alpha value is -2.08. The molecule has 0 aliphatic carbocycles. The maximum Gasteiger partial charge on any atom is 0.224 e. The van der Waals surface area contributed by atoms with Gasteiger partial charge in [0.1, 0.15) is 12.4 Å². The zero-order chi connectivity index (χ0) is 15.9. The summed E-state index contributed by atoms with van der Waals surface area (Å²) >= 11 is 0. The van der Waals surface area contributed by atoms with Crippen LogP contribution in [0.5, 0.6) is 5.75 Å². The summed E-state index contributed by atoms with van der Waals surface area (Å²) in [7, 11) is 1.76. The van der Waals surface area contributed by atoms with Crippen LogP contribution >= 0.6 is 0 Å². The average molecular weight is 305 g/mol. The zero-order valence-electron chi connectivity index (χ0n) is 12.9. The minimum atomic E-state index is -0.0382. The second kappa shape index (κ2) is 7.79. The normalized spacial score (nSPS) is 18.2. The van der Waals surface area contributed by atoms with E-state index < -0.39 is 0 Å². The van der Waals surface area contributed by atoms with Crippen LogP contribution in [-0.4, -0.2) is 49.5 Å². The monoisotopic (exact) mass is 305 g/mol. The third-order valence-electron chi connectivity index (χ3n) is 3.64. The van der Waals surface area contributed by atoms with E-state index in [4.69, 9.17) is 10.5 Å². The largest absolute Gasteiger partial charge is 0.492 e. The number of benzene rings is 1. The zero-order valence-corrected chi connectivity index (χ0v) is 12.9. The Bertz CT molecular complexity index is 533. The van der Waals surface area contributed by atoms with Crippen LogP contribution in [0.25, 0.3) is 0 Å². The fraction of sp³-hybridized carbons (Fsp3) is 0.500. The van der Waals surface area contributed by atoms with Gasteiger partial charge in [0, 0.05) is 32.6 Å². The maximum atomic E-state index is 12.1. The van der Waals surface area contributed by atoms with Gasteiger partial charge in [0.25, 0.3) is 0 Å². The van der Waals surface area contributed by atoms with Gasteiger partial charge in [0.15, 0.2) is 0 Å². The van der Waals surface area contributed by atoms with E-state index >= 15 is 0 Å². The Morgan fingerprint density at radius 2 is 2.32 bits per heavy atom. The molecule has 1 atom stereocenters. The third kappa shape index (κ3) is 4.73. The van der Waals surface area contributed by atoms with E-state index in [1.54, 1.807) is 11.9 Å². The third-order valence-corrected chi connectivity index (χ3v) is 3.64. The average Bonchev–Trinajstić information content (AvgIpc) is 2.49. The number of hydrogen-bond acceptors (Lipinski definition) is 4. The molecule has 0 spiro atoms. The predicted octanol–water partition coefficient (Wildman–Crippen LogP) is 0.304. The molecule has 2 amide bonds. The molecule has 0 radical (unpaired) electrons. The van der Waals surface area contributed by atoms with Crippen LogP contribution in [0.15, 0.2) is 24.3 Å². The highest BCUT2D eigenvalue weighted by atomic mass is 16.5. The number of rotatable bonds is 6. The first-order chi connectivity index (χ1) is 10.6. The highest BCUT2D eigenvalue weighted by Crippen LogP contribution is 2.14. The standard InChI is InChI=1S/C16H23N3O3/c1-19-11-13(5-6-16(19)21)18-15(20)10-12-3-2-4-14(9-12)22-8-7-17/h2-4,9,13H,5-8,10-11,17H2,1H3,(H,18,20)/t13-/m0/s1. The van der Waals surface area contributed by atoms with Gasteiger partial charge in [-0.05, 0) is 24.1 Å². The molecule has 3 N–H and O–H groups in total. The second-order valence-electron chi connectivity index (χ2n) is 5.54. The molecule has 6 nitrogen and oxygen atoms in total. The Balaban J connectivity index is 1.85. The van der Waals surface area contributed by atoms with Crippen LogP contribution in [0.4, 0.5) is 0 Å². The topological polar surface area (TPSA) is 84.7 Å². The summed E-state index contributed by atoms with van der Waals surface area (Å²) in [5, 5.41) is 2.99. The molecule has 22 heavy (non-hydrogen) atoms. The van der Waals surface area contributed by atoms with E-state index in [1.165, 1.54) is 0 Å². The SMILES string of the molecule is CN1C[C@@H](NC(=O)Cc2cccc(OCCN)c2)CCC1=O. The molecule has 6 heteroatoms. The second-order valence-corrected chi connectivity index (χ2v) is 5.54. The van der Waals surface area contributed by atoms with Gasteiger partial charge < -0.3 is 20.7 Å². The van der Waals surface area contributed by atoms with Crippen LogP contribution in [0.1, 0.15) is 18.4 Å². The van der Waals surface area contributed by atoms with Crippen molar-refractivity contribution in [3.8, 4) is 5.75 Å². The summed E-state index contributed by atoms with van der Waals surface area (Å²) < 4.78 is 5.45. The smallest absolute Gasteiger partial charge is 0.224 e. The van der Waals surface area contributed by atoms with Gasteiger partial charge in [0.05, 0.1) is 6.42 Å². The van der Waals surface area contributed by atoms with Gasteiger partial charge in [-0.15, -0.1) is 0 Å². The number of likely N-dealkylation sites (N-methyl/N-ethyl adjacent to an activating group) is 1. The molecule has 2 rings (SSSR count). The van der Waals surface area contributed by atoms with E-state index in [2.05, 4.69) is 5.32 Å².